The van der Waals surface area contributed by atoms with Crippen molar-refractivity contribution in [2.45, 2.75) is 57.6 Å². The summed E-state index contributed by atoms with van der Waals surface area (Å²) >= 11 is 18.5. The molecule has 1 atom stereocenters. The molecule has 3 aromatic carbocycles. The number of carbonyl (C=O) groups excluding carboxylic acids is 2. The number of hydrogen-bond donors (Lipinski definition) is 1. The summed E-state index contributed by atoms with van der Waals surface area (Å²) in [7, 11) is -4.23. The zero-order valence-corrected chi connectivity index (χ0v) is 25.8. The lowest BCUT2D eigenvalue weighted by Gasteiger charge is -2.33. The largest absolute Gasteiger partial charge is 0.352 e. The van der Waals surface area contributed by atoms with Crippen molar-refractivity contribution in [3.8, 4) is 0 Å². The molecular weight excluding hydrogens is 593 g/mol. The summed E-state index contributed by atoms with van der Waals surface area (Å²) in [5.74, 6) is -0.911. The first-order valence-electron chi connectivity index (χ1n) is 12.7. The molecule has 0 heterocycles. The summed E-state index contributed by atoms with van der Waals surface area (Å²) in [6, 6.07) is 16.5. The van der Waals surface area contributed by atoms with Crippen LogP contribution in [0.4, 0.5) is 5.69 Å². The van der Waals surface area contributed by atoms with Gasteiger partial charge in [-0.1, -0.05) is 71.6 Å². The Morgan fingerprint density at radius 1 is 0.875 bits per heavy atom. The summed E-state index contributed by atoms with van der Waals surface area (Å²) in [4.78, 5) is 28.6. The molecule has 0 saturated heterocycles. The molecule has 214 valence electrons. The van der Waals surface area contributed by atoms with E-state index in [0.717, 1.165) is 15.4 Å². The van der Waals surface area contributed by atoms with Gasteiger partial charge in [-0.25, -0.2) is 8.42 Å². The maximum Gasteiger partial charge on any atom is 0.264 e. The van der Waals surface area contributed by atoms with Gasteiger partial charge in [0.2, 0.25) is 11.8 Å². The lowest BCUT2D eigenvalue weighted by molar-refractivity contribution is -0.140. The number of rotatable bonds is 11. The third kappa shape index (κ3) is 8.13. The zero-order chi connectivity index (χ0) is 29.6. The number of sulfonamides is 1. The highest BCUT2D eigenvalue weighted by molar-refractivity contribution is 7.92. The van der Waals surface area contributed by atoms with E-state index in [4.69, 9.17) is 34.8 Å². The van der Waals surface area contributed by atoms with Gasteiger partial charge in [0.25, 0.3) is 10.0 Å². The van der Waals surface area contributed by atoms with Crippen LogP contribution in [0.15, 0.2) is 71.6 Å². The SMILES string of the molecule is CC[C@@H](C(=O)NC(C)C)N(Cc1ccc(Cl)cc1)C(=O)CN(c1cc(Cl)cc(Cl)c1)S(=O)(=O)c1ccc(C)cc1. The molecule has 0 aliphatic rings. The predicted molar refractivity (Wildman–Crippen MR) is 162 cm³/mol. The third-order valence-electron chi connectivity index (χ3n) is 6.11. The van der Waals surface area contributed by atoms with Crippen LogP contribution in [0.5, 0.6) is 0 Å². The molecule has 0 saturated carbocycles. The van der Waals surface area contributed by atoms with Crippen LogP contribution in [0.2, 0.25) is 15.1 Å². The quantitative estimate of drug-likeness (QED) is 0.265. The minimum Gasteiger partial charge on any atom is -0.352 e. The summed E-state index contributed by atoms with van der Waals surface area (Å²) in [5, 5.41) is 3.81. The Labute approximate surface area is 251 Å². The normalized spacial score (nSPS) is 12.2. The number of hydrogen-bond acceptors (Lipinski definition) is 4. The van der Waals surface area contributed by atoms with E-state index in [9.17, 15) is 18.0 Å². The second-order valence-electron chi connectivity index (χ2n) is 9.69. The third-order valence-corrected chi connectivity index (χ3v) is 8.58. The van der Waals surface area contributed by atoms with E-state index in [1.807, 2.05) is 20.8 Å². The molecule has 40 heavy (non-hydrogen) atoms. The van der Waals surface area contributed by atoms with Crippen LogP contribution < -0.4 is 9.62 Å². The fourth-order valence-electron chi connectivity index (χ4n) is 4.14. The Balaban J connectivity index is 2.09. The Morgan fingerprint density at radius 2 is 1.45 bits per heavy atom. The van der Waals surface area contributed by atoms with Crippen LogP contribution in [-0.2, 0) is 26.2 Å². The van der Waals surface area contributed by atoms with Gasteiger partial charge in [-0.05, 0) is 75.2 Å². The lowest BCUT2D eigenvalue weighted by atomic mass is 10.1. The Hall–Kier alpha value is -2.78. The number of aryl methyl sites for hydroxylation is 1. The smallest absolute Gasteiger partial charge is 0.264 e. The second kappa shape index (κ2) is 13.7. The molecule has 3 aromatic rings. The number of benzene rings is 3. The number of amides is 2. The summed E-state index contributed by atoms with van der Waals surface area (Å²) in [5.41, 5.74) is 1.73. The fraction of sp³-hybridized carbons (Fsp3) is 0.310. The Bertz CT molecular complexity index is 1430. The molecule has 0 aromatic heterocycles. The van der Waals surface area contributed by atoms with E-state index in [-0.39, 0.29) is 39.1 Å². The van der Waals surface area contributed by atoms with Crippen molar-refractivity contribution in [3.63, 3.8) is 0 Å². The molecule has 11 heteroatoms. The molecule has 0 unspecified atom stereocenters. The molecule has 3 rings (SSSR count). The van der Waals surface area contributed by atoms with Crippen molar-refractivity contribution < 1.29 is 18.0 Å². The predicted octanol–water partition coefficient (Wildman–Crippen LogP) is 6.48. The minimum absolute atomic E-state index is 0.00385. The van der Waals surface area contributed by atoms with Crippen LogP contribution in [0.3, 0.4) is 0 Å². The highest BCUT2D eigenvalue weighted by Crippen LogP contribution is 2.30. The van der Waals surface area contributed by atoms with Crippen molar-refractivity contribution in [2.24, 2.45) is 0 Å². The zero-order valence-electron chi connectivity index (χ0n) is 22.7. The van der Waals surface area contributed by atoms with E-state index in [2.05, 4.69) is 5.32 Å². The fourth-order valence-corrected chi connectivity index (χ4v) is 6.17. The van der Waals surface area contributed by atoms with Gasteiger partial charge in [0, 0.05) is 27.7 Å². The highest BCUT2D eigenvalue weighted by atomic mass is 35.5. The van der Waals surface area contributed by atoms with E-state index in [1.54, 1.807) is 43.3 Å². The minimum atomic E-state index is -4.23. The average Bonchev–Trinajstić information content (AvgIpc) is 2.87. The molecule has 2 amide bonds. The van der Waals surface area contributed by atoms with Crippen LogP contribution in [0, 0.1) is 6.92 Å². The van der Waals surface area contributed by atoms with Crippen molar-refractivity contribution in [3.05, 3.63) is 92.9 Å². The Kier molecular flexibility index (Phi) is 10.9. The first-order chi connectivity index (χ1) is 18.8. The van der Waals surface area contributed by atoms with Crippen LogP contribution in [0.25, 0.3) is 0 Å². The van der Waals surface area contributed by atoms with Crippen LogP contribution >= 0.6 is 34.8 Å². The summed E-state index contributed by atoms with van der Waals surface area (Å²) in [6.45, 7) is 6.77. The standard InChI is InChI=1S/C29H32Cl3N3O4S/c1-5-27(29(37)33-19(2)3)34(17-21-8-10-22(30)11-9-21)28(36)18-35(25-15-23(31)14-24(32)16-25)40(38,39)26-12-6-20(4)7-13-26/h6-16,19,27H,5,17-18H2,1-4H3,(H,33,37)/t27-/m0/s1. The monoisotopic (exact) mass is 623 g/mol. The maximum atomic E-state index is 14.0. The van der Waals surface area contributed by atoms with Crippen molar-refractivity contribution in [1.29, 1.82) is 0 Å². The van der Waals surface area contributed by atoms with Gasteiger partial charge in [0.05, 0.1) is 10.6 Å². The summed E-state index contributed by atoms with van der Waals surface area (Å²) < 4.78 is 28.8. The molecule has 0 bridgehead atoms. The summed E-state index contributed by atoms with van der Waals surface area (Å²) in [6.07, 6.45) is 0.311. The van der Waals surface area contributed by atoms with Crippen LogP contribution in [-0.4, -0.2) is 43.8 Å². The van der Waals surface area contributed by atoms with Gasteiger partial charge in [-0.3, -0.25) is 13.9 Å². The number of nitrogens with zero attached hydrogens (tertiary/aromatic N) is 2. The van der Waals surface area contributed by atoms with Crippen molar-refractivity contribution in [1.82, 2.24) is 10.2 Å². The van der Waals surface area contributed by atoms with E-state index in [1.165, 1.54) is 35.2 Å². The van der Waals surface area contributed by atoms with Gasteiger partial charge in [-0.2, -0.15) is 0 Å². The molecule has 0 aliphatic carbocycles. The molecule has 0 spiro atoms. The first-order valence-corrected chi connectivity index (χ1v) is 15.3. The molecular formula is C29H32Cl3N3O4S. The van der Waals surface area contributed by atoms with Gasteiger partial charge in [-0.15, -0.1) is 0 Å². The van der Waals surface area contributed by atoms with Gasteiger partial charge in [0.1, 0.15) is 12.6 Å². The van der Waals surface area contributed by atoms with Crippen molar-refractivity contribution in [2.75, 3.05) is 10.8 Å². The van der Waals surface area contributed by atoms with Gasteiger partial charge in [0.15, 0.2) is 0 Å². The highest BCUT2D eigenvalue weighted by Gasteiger charge is 2.34. The van der Waals surface area contributed by atoms with Crippen molar-refractivity contribution >= 4 is 62.3 Å². The van der Waals surface area contributed by atoms with E-state index < -0.39 is 28.5 Å². The molecule has 1 N–H and O–H groups in total. The average molecular weight is 625 g/mol. The lowest BCUT2D eigenvalue weighted by Crippen LogP contribution is -2.53. The number of nitrogens with one attached hydrogen (secondary N) is 1. The van der Waals surface area contributed by atoms with Gasteiger partial charge < -0.3 is 10.2 Å². The maximum absolute atomic E-state index is 14.0. The van der Waals surface area contributed by atoms with Crippen LogP contribution in [0.1, 0.15) is 38.3 Å². The topological polar surface area (TPSA) is 86.8 Å². The molecule has 7 nitrogen and oxygen atoms in total. The van der Waals surface area contributed by atoms with E-state index >= 15 is 0 Å². The Morgan fingerprint density at radius 3 is 1.98 bits per heavy atom. The number of halogens is 3. The molecule has 0 fully saturated rings. The molecule has 0 radical (unpaired) electrons. The van der Waals surface area contributed by atoms with Gasteiger partial charge >= 0.3 is 0 Å². The first kappa shape index (κ1) is 31.7. The number of carbonyl (C=O) groups is 2. The second-order valence-corrected chi connectivity index (χ2v) is 12.9. The molecule has 0 aliphatic heterocycles. The van der Waals surface area contributed by atoms with E-state index in [0.29, 0.717) is 11.4 Å². The number of anilines is 1.